The molecule has 4 nitrogen and oxygen atoms in total. The lowest BCUT2D eigenvalue weighted by atomic mass is 9.96. The molecule has 2 aromatic rings. The van der Waals surface area contributed by atoms with E-state index >= 15 is 0 Å². The number of benzene rings is 2. The first-order chi connectivity index (χ1) is 14.7. The van der Waals surface area contributed by atoms with Gasteiger partial charge in [-0.1, -0.05) is 41.6 Å². The van der Waals surface area contributed by atoms with E-state index in [0.717, 1.165) is 28.6 Å². The van der Waals surface area contributed by atoms with E-state index < -0.39 is 15.7 Å². The molecule has 1 amide bonds. The van der Waals surface area contributed by atoms with Crippen LogP contribution in [0.15, 0.2) is 100 Å². The van der Waals surface area contributed by atoms with Gasteiger partial charge in [0.1, 0.15) is 0 Å². The maximum absolute atomic E-state index is 13.6. The van der Waals surface area contributed by atoms with Crippen LogP contribution in [0.25, 0.3) is 5.57 Å². The Labute approximate surface area is 180 Å². The number of allylic oxidation sites excluding steroid dienone is 4. The fourth-order valence-corrected chi connectivity index (χ4v) is 4.22. The van der Waals surface area contributed by atoms with Crippen molar-refractivity contribution in [1.82, 2.24) is 0 Å². The van der Waals surface area contributed by atoms with Crippen LogP contribution in [-0.4, -0.2) is 27.1 Å². The van der Waals surface area contributed by atoms with E-state index in [-0.39, 0.29) is 10.8 Å². The first kappa shape index (κ1) is 20.8. The van der Waals surface area contributed by atoms with Crippen LogP contribution in [0.2, 0.25) is 0 Å². The Kier molecular flexibility index (Phi) is 5.36. The molecule has 0 fully saturated rings. The van der Waals surface area contributed by atoms with Gasteiger partial charge in [0.2, 0.25) is 0 Å². The van der Waals surface area contributed by atoms with E-state index in [4.69, 9.17) is 0 Å². The number of hydrogen-bond donors (Lipinski definition) is 0. The van der Waals surface area contributed by atoms with E-state index in [1.807, 2.05) is 31.2 Å². The lowest BCUT2D eigenvalue weighted by Crippen LogP contribution is -2.27. The standard InChI is InChI=1S/C25H20FNO3S/c1-17-6-12-21(13-7-17)27-16-23(18-9-14-22(15-10-18)31(2,29)30)24(25(27)28)19-4-3-5-20(26)11-8-19/h3-4,6-15H,16H2,1-2H3. The predicted molar refractivity (Wildman–Crippen MR) is 120 cm³/mol. The summed E-state index contributed by atoms with van der Waals surface area (Å²) in [6.07, 6.45) is 7.08. The van der Waals surface area contributed by atoms with Gasteiger partial charge in [-0.2, -0.15) is 4.39 Å². The first-order valence-corrected chi connectivity index (χ1v) is 11.6. The molecule has 0 spiro atoms. The summed E-state index contributed by atoms with van der Waals surface area (Å²) in [5.74, 6) is -0.718. The molecule has 0 saturated heterocycles. The largest absolute Gasteiger partial charge is 0.304 e. The molecule has 1 heterocycles. The monoisotopic (exact) mass is 433 g/mol. The van der Waals surface area contributed by atoms with Gasteiger partial charge in [-0.15, -0.1) is 0 Å². The molecule has 156 valence electrons. The summed E-state index contributed by atoms with van der Waals surface area (Å²) in [6.45, 7) is 2.29. The minimum atomic E-state index is -3.33. The van der Waals surface area contributed by atoms with Gasteiger partial charge in [0.15, 0.2) is 15.7 Å². The van der Waals surface area contributed by atoms with Crippen molar-refractivity contribution < 1.29 is 17.6 Å². The fourth-order valence-electron chi connectivity index (χ4n) is 3.59. The lowest BCUT2D eigenvalue weighted by Gasteiger charge is -2.17. The molecule has 2 aromatic carbocycles. The summed E-state index contributed by atoms with van der Waals surface area (Å²) in [7, 11) is -3.33. The molecule has 0 radical (unpaired) electrons. The Morgan fingerprint density at radius 1 is 1.00 bits per heavy atom. The number of hydrogen-bond acceptors (Lipinski definition) is 3. The highest BCUT2D eigenvalue weighted by molar-refractivity contribution is 7.90. The molecule has 2 aliphatic rings. The molecule has 4 rings (SSSR count). The zero-order valence-electron chi connectivity index (χ0n) is 17.1. The van der Waals surface area contributed by atoms with Crippen LogP contribution >= 0.6 is 0 Å². The fraction of sp³-hybridized carbons (Fsp3) is 0.120. The van der Waals surface area contributed by atoms with Crippen LogP contribution in [0, 0.1) is 6.92 Å². The normalized spacial score (nSPS) is 16.5. The number of halogens is 1. The molecular weight excluding hydrogens is 413 g/mol. The number of sulfone groups is 1. The summed E-state index contributed by atoms with van der Waals surface area (Å²) in [6, 6.07) is 14.1. The van der Waals surface area contributed by atoms with Crippen molar-refractivity contribution >= 4 is 27.0 Å². The van der Waals surface area contributed by atoms with Crippen molar-refractivity contribution in [3.63, 3.8) is 0 Å². The average Bonchev–Trinajstić information content (AvgIpc) is 2.92. The molecule has 0 saturated carbocycles. The molecule has 1 aliphatic heterocycles. The van der Waals surface area contributed by atoms with Crippen LogP contribution in [-0.2, 0) is 14.6 Å². The van der Waals surface area contributed by atoms with Gasteiger partial charge in [0.25, 0.3) is 5.91 Å². The zero-order valence-corrected chi connectivity index (χ0v) is 17.9. The number of aryl methyl sites for hydroxylation is 1. The Morgan fingerprint density at radius 3 is 2.32 bits per heavy atom. The maximum atomic E-state index is 13.6. The molecule has 1 aliphatic carbocycles. The van der Waals surface area contributed by atoms with Gasteiger partial charge in [-0.25, -0.2) is 8.42 Å². The van der Waals surface area contributed by atoms with E-state index in [1.54, 1.807) is 29.2 Å². The number of amides is 1. The average molecular weight is 434 g/mol. The van der Waals surface area contributed by atoms with Gasteiger partial charge in [-0.05, 0) is 66.1 Å². The minimum Gasteiger partial charge on any atom is -0.304 e. The quantitative estimate of drug-likeness (QED) is 0.657. The van der Waals surface area contributed by atoms with Gasteiger partial charge in [0, 0.05) is 11.9 Å². The predicted octanol–water partition coefficient (Wildman–Crippen LogP) is 4.70. The highest BCUT2D eigenvalue weighted by atomic mass is 32.2. The first-order valence-electron chi connectivity index (χ1n) is 9.67. The summed E-state index contributed by atoms with van der Waals surface area (Å²) in [4.78, 5) is 15.3. The van der Waals surface area contributed by atoms with Crippen LogP contribution in [0.1, 0.15) is 11.1 Å². The molecule has 0 N–H and O–H groups in total. The van der Waals surface area contributed by atoms with Crippen molar-refractivity contribution in [1.29, 1.82) is 0 Å². The van der Waals surface area contributed by atoms with Crippen molar-refractivity contribution in [3.8, 4) is 0 Å². The summed E-state index contributed by atoms with van der Waals surface area (Å²) >= 11 is 0. The van der Waals surface area contributed by atoms with Crippen LogP contribution in [0.5, 0.6) is 0 Å². The lowest BCUT2D eigenvalue weighted by molar-refractivity contribution is -0.114. The third-order valence-corrected chi connectivity index (χ3v) is 6.36. The van der Waals surface area contributed by atoms with Crippen LogP contribution in [0.3, 0.4) is 0 Å². The number of anilines is 1. The highest BCUT2D eigenvalue weighted by Crippen LogP contribution is 2.36. The molecular formula is C25H20FNO3S. The number of carbonyl (C=O) groups excluding carboxylic acids is 1. The van der Waals surface area contributed by atoms with E-state index in [9.17, 15) is 17.6 Å². The van der Waals surface area contributed by atoms with E-state index in [1.165, 1.54) is 24.3 Å². The summed E-state index contributed by atoms with van der Waals surface area (Å²) in [5.41, 5.74) is 6.84. The highest BCUT2D eigenvalue weighted by Gasteiger charge is 2.33. The molecule has 0 atom stereocenters. The Hall–Kier alpha value is -3.47. The van der Waals surface area contributed by atoms with Gasteiger partial charge >= 0.3 is 0 Å². The van der Waals surface area contributed by atoms with Gasteiger partial charge in [0.05, 0.1) is 17.0 Å². The number of nitrogens with zero attached hydrogens (tertiary/aromatic N) is 1. The topological polar surface area (TPSA) is 54.5 Å². The van der Waals surface area contributed by atoms with Gasteiger partial charge in [-0.3, -0.25) is 4.79 Å². The Bertz CT molecular complexity index is 1320. The van der Waals surface area contributed by atoms with Gasteiger partial charge < -0.3 is 4.90 Å². The number of carbonyl (C=O) groups is 1. The molecule has 0 aromatic heterocycles. The Balaban J connectivity index is 1.82. The second-order valence-corrected chi connectivity index (χ2v) is 9.51. The summed E-state index contributed by atoms with van der Waals surface area (Å²) < 4.78 is 37.3. The van der Waals surface area contributed by atoms with Crippen molar-refractivity contribution in [3.05, 3.63) is 107 Å². The molecule has 0 bridgehead atoms. The molecule has 6 heteroatoms. The van der Waals surface area contributed by atoms with Crippen molar-refractivity contribution in [2.45, 2.75) is 11.8 Å². The van der Waals surface area contributed by atoms with Crippen molar-refractivity contribution in [2.24, 2.45) is 0 Å². The minimum absolute atomic E-state index is 0.197. The second-order valence-electron chi connectivity index (χ2n) is 7.49. The smallest absolute Gasteiger partial charge is 0.259 e. The third kappa shape index (κ3) is 4.22. The van der Waals surface area contributed by atoms with Crippen molar-refractivity contribution in [2.75, 3.05) is 17.7 Å². The molecule has 31 heavy (non-hydrogen) atoms. The summed E-state index contributed by atoms with van der Waals surface area (Å²) in [5, 5.41) is 0. The Morgan fingerprint density at radius 2 is 1.68 bits per heavy atom. The van der Waals surface area contributed by atoms with E-state index in [0.29, 0.717) is 17.7 Å². The van der Waals surface area contributed by atoms with E-state index in [2.05, 4.69) is 5.73 Å². The molecule has 0 unspecified atom stereocenters. The third-order valence-electron chi connectivity index (χ3n) is 5.24. The maximum Gasteiger partial charge on any atom is 0.259 e. The van der Waals surface area contributed by atoms with Crippen LogP contribution < -0.4 is 4.90 Å². The zero-order chi connectivity index (χ0) is 22.2. The number of rotatable bonds is 4. The SMILES string of the molecule is Cc1ccc(N2CC(c3ccc(S(C)(=O)=O)cc3)=C(C3=CC=C=C(F)C=C3)C2=O)cc1. The van der Waals surface area contributed by atoms with Crippen LogP contribution in [0.4, 0.5) is 10.1 Å². The second kappa shape index (κ2) is 7.99.